The lowest BCUT2D eigenvalue weighted by Crippen LogP contribution is -2.11. The van der Waals surface area contributed by atoms with Gasteiger partial charge in [-0.05, 0) is 36.1 Å². The van der Waals surface area contributed by atoms with Gasteiger partial charge >= 0.3 is 6.18 Å². The Morgan fingerprint density at radius 2 is 1.80 bits per heavy atom. The highest BCUT2D eigenvalue weighted by atomic mass is 19.4. The Kier molecular flexibility index (Phi) is 2.96. The first-order valence-electron chi connectivity index (χ1n) is 6.48. The van der Waals surface area contributed by atoms with Crippen molar-refractivity contribution in [2.75, 3.05) is 5.32 Å². The van der Waals surface area contributed by atoms with Crippen LogP contribution in [0.1, 0.15) is 28.3 Å². The summed E-state index contributed by atoms with van der Waals surface area (Å²) in [5, 5.41) is 3.05. The summed E-state index contributed by atoms with van der Waals surface area (Å²) in [6.45, 7) is 1.98. The van der Waals surface area contributed by atoms with E-state index in [1.165, 1.54) is 6.07 Å². The van der Waals surface area contributed by atoms with Crippen molar-refractivity contribution < 1.29 is 13.2 Å². The van der Waals surface area contributed by atoms with Gasteiger partial charge in [-0.2, -0.15) is 13.2 Å². The number of halogens is 3. The summed E-state index contributed by atoms with van der Waals surface area (Å²) in [5.41, 5.74) is 2.52. The number of para-hydroxylation sites is 1. The van der Waals surface area contributed by atoms with Gasteiger partial charge in [-0.25, -0.2) is 0 Å². The van der Waals surface area contributed by atoms with E-state index in [9.17, 15) is 13.2 Å². The molecule has 1 N–H and O–H groups in total. The fourth-order valence-electron chi connectivity index (χ4n) is 2.79. The molecule has 0 spiro atoms. The Morgan fingerprint density at radius 1 is 1.05 bits per heavy atom. The molecule has 2 aromatic rings. The Hall–Kier alpha value is -1.97. The molecular formula is C16H14F3N. The minimum Gasteiger partial charge on any atom is -0.377 e. The highest BCUT2D eigenvalue weighted by molar-refractivity contribution is 5.64. The summed E-state index contributed by atoms with van der Waals surface area (Å²) in [6, 6.07) is 12.1. The molecule has 1 unspecified atom stereocenters. The van der Waals surface area contributed by atoms with Crippen molar-refractivity contribution in [1.29, 1.82) is 0 Å². The van der Waals surface area contributed by atoms with Crippen molar-refractivity contribution in [2.24, 2.45) is 0 Å². The van der Waals surface area contributed by atoms with Crippen molar-refractivity contribution in [3.63, 3.8) is 0 Å². The van der Waals surface area contributed by atoms with Crippen molar-refractivity contribution in [2.45, 2.75) is 25.6 Å². The average molecular weight is 277 g/mol. The zero-order valence-corrected chi connectivity index (χ0v) is 11.0. The van der Waals surface area contributed by atoms with E-state index < -0.39 is 11.7 Å². The third kappa shape index (κ3) is 2.15. The normalized spacial score (nSPS) is 17.7. The standard InChI is InChI=1S/C16H14F3N/c1-10-5-2-3-7-12(10)14-9-11-6-4-8-13(15(11)20-14)16(17,18)19/h2-8,14,20H,9H2,1H3. The van der Waals surface area contributed by atoms with Crippen molar-refractivity contribution in [1.82, 2.24) is 0 Å². The predicted octanol–water partition coefficient (Wildman–Crippen LogP) is 4.72. The molecule has 0 saturated carbocycles. The van der Waals surface area contributed by atoms with Gasteiger partial charge in [0.2, 0.25) is 0 Å². The van der Waals surface area contributed by atoms with Gasteiger partial charge in [0.1, 0.15) is 0 Å². The summed E-state index contributed by atoms with van der Waals surface area (Å²) >= 11 is 0. The van der Waals surface area contributed by atoms with Crippen LogP contribution >= 0.6 is 0 Å². The maximum absolute atomic E-state index is 13.0. The van der Waals surface area contributed by atoms with Gasteiger partial charge in [-0.15, -0.1) is 0 Å². The van der Waals surface area contributed by atoms with Crippen LogP contribution in [0.3, 0.4) is 0 Å². The smallest absolute Gasteiger partial charge is 0.377 e. The van der Waals surface area contributed by atoms with Crippen LogP contribution in [-0.4, -0.2) is 0 Å². The van der Waals surface area contributed by atoms with E-state index in [0.717, 1.165) is 22.8 Å². The van der Waals surface area contributed by atoms with Crippen molar-refractivity contribution >= 4 is 5.69 Å². The molecule has 1 nitrogen and oxygen atoms in total. The minimum absolute atomic E-state index is 0.0882. The van der Waals surface area contributed by atoms with Crippen molar-refractivity contribution in [3.8, 4) is 0 Å². The lowest BCUT2D eigenvalue weighted by molar-refractivity contribution is -0.136. The number of benzene rings is 2. The summed E-state index contributed by atoms with van der Waals surface area (Å²) in [4.78, 5) is 0. The van der Waals surface area contributed by atoms with Crippen LogP contribution in [0.15, 0.2) is 42.5 Å². The lowest BCUT2D eigenvalue weighted by atomic mass is 9.98. The molecule has 0 radical (unpaired) electrons. The molecular weight excluding hydrogens is 263 g/mol. The van der Waals surface area contributed by atoms with Gasteiger partial charge in [-0.3, -0.25) is 0 Å². The molecule has 0 fully saturated rings. The predicted molar refractivity (Wildman–Crippen MR) is 72.7 cm³/mol. The first-order valence-corrected chi connectivity index (χ1v) is 6.48. The number of rotatable bonds is 1. The van der Waals surface area contributed by atoms with Crippen LogP contribution in [0.5, 0.6) is 0 Å². The molecule has 4 heteroatoms. The summed E-state index contributed by atoms with van der Waals surface area (Å²) in [7, 11) is 0. The Morgan fingerprint density at radius 3 is 2.50 bits per heavy atom. The molecule has 0 amide bonds. The zero-order chi connectivity index (χ0) is 14.3. The first kappa shape index (κ1) is 13.0. The van der Waals surface area contributed by atoms with Crippen molar-refractivity contribution in [3.05, 3.63) is 64.7 Å². The van der Waals surface area contributed by atoms with E-state index in [-0.39, 0.29) is 11.7 Å². The Labute approximate surface area is 115 Å². The third-order valence-corrected chi connectivity index (χ3v) is 3.76. The molecule has 104 valence electrons. The number of hydrogen-bond acceptors (Lipinski definition) is 1. The maximum Gasteiger partial charge on any atom is 0.418 e. The summed E-state index contributed by atoms with van der Waals surface area (Å²) < 4.78 is 39.0. The maximum atomic E-state index is 13.0. The Balaban J connectivity index is 1.99. The van der Waals surface area contributed by atoms with Gasteiger partial charge < -0.3 is 5.32 Å². The molecule has 2 aromatic carbocycles. The van der Waals surface area contributed by atoms with Crippen LogP contribution in [0.25, 0.3) is 0 Å². The second-order valence-electron chi connectivity index (χ2n) is 5.10. The van der Waals surface area contributed by atoms with Crippen LogP contribution in [0.4, 0.5) is 18.9 Å². The van der Waals surface area contributed by atoms with Crippen LogP contribution in [-0.2, 0) is 12.6 Å². The van der Waals surface area contributed by atoms with Gasteiger partial charge in [0, 0.05) is 0 Å². The molecule has 3 rings (SSSR count). The molecule has 1 heterocycles. The van der Waals surface area contributed by atoms with Crippen LogP contribution in [0, 0.1) is 6.92 Å². The fraction of sp³-hybridized carbons (Fsp3) is 0.250. The van der Waals surface area contributed by atoms with Gasteiger partial charge in [0.25, 0.3) is 0 Å². The largest absolute Gasteiger partial charge is 0.418 e. The van der Waals surface area contributed by atoms with Gasteiger partial charge in [-0.1, -0.05) is 36.4 Å². The molecule has 0 aromatic heterocycles. The van der Waals surface area contributed by atoms with E-state index in [4.69, 9.17) is 0 Å². The molecule has 1 aliphatic rings. The lowest BCUT2D eigenvalue weighted by Gasteiger charge is -2.16. The highest BCUT2D eigenvalue weighted by Crippen LogP contribution is 2.43. The fourth-order valence-corrected chi connectivity index (χ4v) is 2.79. The zero-order valence-electron chi connectivity index (χ0n) is 11.0. The molecule has 1 aliphatic heterocycles. The van der Waals surface area contributed by atoms with Gasteiger partial charge in [0.05, 0.1) is 17.3 Å². The molecule has 0 aliphatic carbocycles. The molecule has 20 heavy (non-hydrogen) atoms. The van der Waals surface area contributed by atoms with Crippen LogP contribution < -0.4 is 5.32 Å². The van der Waals surface area contributed by atoms with Crippen LogP contribution in [0.2, 0.25) is 0 Å². The summed E-state index contributed by atoms with van der Waals surface area (Å²) in [5.74, 6) is 0. The third-order valence-electron chi connectivity index (χ3n) is 3.76. The molecule has 0 bridgehead atoms. The SMILES string of the molecule is Cc1ccccc1C1Cc2cccc(C(F)(F)F)c2N1. The monoisotopic (exact) mass is 277 g/mol. The highest BCUT2D eigenvalue weighted by Gasteiger charge is 2.37. The van der Waals surface area contributed by atoms with E-state index in [2.05, 4.69) is 5.32 Å². The number of alkyl halides is 3. The Bertz CT molecular complexity index is 646. The quantitative estimate of drug-likeness (QED) is 0.795. The molecule has 0 saturated heterocycles. The van der Waals surface area contributed by atoms with E-state index in [0.29, 0.717) is 6.42 Å². The average Bonchev–Trinajstić information content (AvgIpc) is 2.81. The number of aryl methyl sites for hydroxylation is 1. The second kappa shape index (κ2) is 4.54. The molecule has 1 atom stereocenters. The topological polar surface area (TPSA) is 12.0 Å². The number of hydrogen-bond donors (Lipinski definition) is 1. The second-order valence-corrected chi connectivity index (χ2v) is 5.10. The van der Waals surface area contributed by atoms with E-state index in [1.54, 1.807) is 6.07 Å². The number of anilines is 1. The first-order chi connectivity index (χ1) is 9.47. The van der Waals surface area contributed by atoms with Gasteiger partial charge in [0.15, 0.2) is 0 Å². The van der Waals surface area contributed by atoms with E-state index in [1.807, 2.05) is 31.2 Å². The summed E-state index contributed by atoms with van der Waals surface area (Å²) in [6.07, 6.45) is -3.73. The number of nitrogens with one attached hydrogen (secondary N) is 1. The minimum atomic E-state index is -4.32. The van der Waals surface area contributed by atoms with E-state index >= 15 is 0 Å². The number of fused-ring (bicyclic) bond motifs is 1.